The van der Waals surface area contributed by atoms with Gasteiger partial charge in [0.2, 0.25) is 5.91 Å². The number of para-hydroxylation sites is 1. The number of carbonyl (C=O) groups is 1. The van der Waals surface area contributed by atoms with Crippen molar-refractivity contribution in [2.75, 3.05) is 43.4 Å². The van der Waals surface area contributed by atoms with E-state index in [0.717, 1.165) is 49.5 Å². The third-order valence-electron chi connectivity index (χ3n) is 5.87. The molecule has 8 heteroatoms. The van der Waals surface area contributed by atoms with Gasteiger partial charge in [0.15, 0.2) is 0 Å². The number of piperidine rings is 1. The average Bonchev–Trinajstić information content (AvgIpc) is 3.29. The van der Waals surface area contributed by atoms with Crippen LogP contribution in [0.25, 0.3) is 11.5 Å². The van der Waals surface area contributed by atoms with Gasteiger partial charge >= 0.3 is 6.01 Å². The minimum absolute atomic E-state index is 0.0809. The number of anilines is 2. The fourth-order valence-corrected chi connectivity index (χ4v) is 3.92. The lowest BCUT2D eigenvalue weighted by Crippen LogP contribution is -2.41. The summed E-state index contributed by atoms with van der Waals surface area (Å²) in [5.74, 6) is 1.26. The van der Waals surface area contributed by atoms with Gasteiger partial charge < -0.3 is 24.7 Å². The Hall–Kier alpha value is -2.77. The second kappa shape index (κ2) is 6.44. The lowest BCUT2D eigenvalue weighted by atomic mass is 9.94. The summed E-state index contributed by atoms with van der Waals surface area (Å²) >= 11 is 0. The first-order chi connectivity index (χ1) is 13.2. The van der Waals surface area contributed by atoms with Crippen LogP contribution in [-0.4, -0.2) is 53.8 Å². The predicted molar refractivity (Wildman–Crippen MR) is 99.7 cm³/mol. The van der Waals surface area contributed by atoms with Crippen LogP contribution in [0.2, 0.25) is 0 Å². The van der Waals surface area contributed by atoms with Crippen LogP contribution in [0.4, 0.5) is 11.7 Å². The largest absolute Gasteiger partial charge is 0.490 e. The molecule has 2 fully saturated rings. The maximum absolute atomic E-state index is 12.4. The standard InChI is InChI=1S/C19H23N5O3/c25-15(24-9-6-19(4-5-19)7-10-24)12-21-18-23-22-17(27-18)13-2-1-3-14-16(13)20-8-11-26-14/h1-3,20H,4-12H2,(H,21,23). The summed E-state index contributed by atoms with van der Waals surface area (Å²) in [5, 5.41) is 14.4. The highest BCUT2D eigenvalue weighted by Gasteiger charge is 2.44. The van der Waals surface area contributed by atoms with E-state index in [-0.39, 0.29) is 18.5 Å². The van der Waals surface area contributed by atoms with Crippen molar-refractivity contribution in [2.45, 2.75) is 25.7 Å². The number of aromatic nitrogens is 2. The Morgan fingerprint density at radius 2 is 2.07 bits per heavy atom. The molecule has 8 nitrogen and oxygen atoms in total. The van der Waals surface area contributed by atoms with Crippen LogP contribution in [0.3, 0.4) is 0 Å². The Labute approximate surface area is 157 Å². The molecule has 2 N–H and O–H groups in total. The highest BCUT2D eigenvalue weighted by atomic mass is 16.5. The molecule has 1 aromatic heterocycles. The van der Waals surface area contributed by atoms with Crippen LogP contribution in [0.1, 0.15) is 25.7 Å². The Morgan fingerprint density at radius 1 is 1.22 bits per heavy atom. The van der Waals surface area contributed by atoms with E-state index in [1.165, 1.54) is 12.8 Å². The Balaban J connectivity index is 1.22. The molecule has 1 amide bonds. The lowest BCUT2D eigenvalue weighted by molar-refractivity contribution is -0.130. The fraction of sp³-hybridized carbons (Fsp3) is 0.526. The first-order valence-electron chi connectivity index (χ1n) is 9.58. The van der Waals surface area contributed by atoms with Crippen LogP contribution >= 0.6 is 0 Å². The molecule has 3 heterocycles. The molecule has 1 aromatic carbocycles. The maximum atomic E-state index is 12.4. The van der Waals surface area contributed by atoms with E-state index in [4.69, 9.17) is 9.15 Å². The van der Waals surface area contributed by atoms with Gasteiger partial charge in [-0.25, -0.2) is 0 Å². The molecule has 5 rings (SSSR count). The molecule has 1 spiro atoms. The van der Waals surface area contributed by atoms with Crippen molar-refractivity contribution in [3.05, 3.63) is 18.2 Å². The van der Waals surface area contributed by atoms with E-state index >= 15 is 0 Å². The van der Waals surface area contributed by atoms with Crippen molar-refractivity contribution >= 4 is 17.6 Å². The van der Waals surface area contributed by atoms with Crippen molar-refractivity contribution in [1.29, 1.82) is 0 Å². The number of carbonyl (C=O) groups excluding carboxylic acids is 1. The molecule has 1 aliphatic carbocycles. The highest BCUT2D eigenvalue weighted by molar-refractivity contribution is 5.81. The Morgan fingerprint density at radius 3 is 2.89 bits per heavy atom. The number of rotatable bonds is 4. The molecule has 0 atom stereocenters. The van der Waals surface area contributed by atoms with Crippen molar-refractivity contribution in [3.63, 3.8) is 0 Å². The molecular weight excluding hydrogens is 346 g/mol. The molecule has 2 aliphatic heterocycles. The van der Waals surface area contributed by atoms with Crippen molar-refractivity contribution in [2.24, 2.45) is 5.41 Å². The van der Waals surface area contributed by atoms with E-state index in [0.29, 0.717) is 17.9 Å². The molecule has 3 aliphatic rings. The minimum atomic E-state index is 0.0809. The second-order valence-electron chi connectivity index (χ2n) is 7.60. The Bertz CT molecular complexity index is 851. The second-order valence-corrected chi connectivity index (χ2v) is 7.60. The van der Waals surface area contributed by atoms with Gasteiger partial charge in [0.25, 0.3) is 5.89 Å². The third-order valence-corrected chi connectivity index (χ3v) is 5.87. The van der Waals surface area contributed by atoms with Crippen molar-refractivity contribution in [3.8, 4) is 17.2 Å². The Kier molecular flexibility index (Phi) is 3.91. The number of hydrogen-bond donors (Lipinski definition) is 2. The lowest BCUT2D eigenvalue weighted by Gasteiger charge is -2.32. The summed E-state index contributed by atoms with van der Waals surface area (Å²) in [4.78, 5) is 14.4. The number of amides is 1. The van der Waals surface area contributed by atoms with Crippen LogP contribution < -0.4 is 15.4 Å². The van der Waals surface area contributed by atoms with Crippen LogP contribution in [0.5, 0.6) is 5.75 Å². The molecule has 0 radical (unpaired) electrons. The molecule has 1 saturated heterocycles. The fourth-order valence-electron chi connectivity index (χ4n) is 3.92. The zero-order valence-corrected chi connectivity index (χ0v) is 15.2. The quantitative estimate of drug-likeness (QED) is 0.854. The smallest absolute Gasteiger partial charge is 0.316 e. The average molecular weight is 369 g/mol. The topological polar surface area (TPSA) is 92.5 Å². The normalized spacial score (nSPS) is 19.8. The molecule has 1 saturated carbocycles. The summed E-state index contributed by atoms with van der Waals surface area (Å²) < 4.78 is 11.4. The van der Waals surface area contributed by atoms with E-state index in [2.05, 4.69) is 20.8 Å². The maximum Gasteiger partial charge on any atom is 0.316 e. The van der Waals surface area contributed by atoms with Crippen LogP contribution in [0.15, 0.2) is 22.6 Å². The SMILES string of the molecule is O=C(CNc1nnc(-c2cccc3c2NCCO3)o1)N1CCC2(CC1)CC2. The number of nitrogens with zero attached hydrogens (tertiary/aromatic N) is 3. The summed E-state index contributed by atoms with van der Waals surface area (Å²) in [5.41, 5.74) is 2.22. The van der Waals surface area contributed by atoms with Gasteiger partial charge in [0, 0.05) is 19.6 Å². The van der Waals surface area contributed by atoms with E-state index in [1.807, 2.05) is 23.1 Å². The van der Waals surface area contributed by atoms with Crippen LogP contribution in [0, 0.1) is 5.41 Å². The monoisotopic (exact) mass is 369 g/mol. The van der Waals surface area contributed by atoms with E-state index < -0.39 is 0 Å². The molecule has 142 valence electrons. The number of likely N-dealkylation sites (tertiary alicyclic amines) is 1. The first-order valence-corrected chi connectivity index (χ1v) is 9.58. The minimum Gasteiger partial charge on any atom is -0.490 e. The first kappa shape index (κ1) is 16.4. The summed E-state index contributed by atoms with van der Waals surface area (Å²) in [6, 6.07) is 5.96. The van der Waals surface area contributed by atoms with Gasteiger partial charge in [-0.3, -0.25) is 4.79 Å². The number of ether oxygens (including phenoxy) is 1. The third kappa shape index (κ3) is 3.20. The van der Waals surface area contributed by atoms with Crippen molar-refractivity contribution in [1.82, 2.24) is 15.1 Å². The zero-order chi connectivity index (χ0) is 18.3. The molecule has 0 bridgehead atoms. The van der Waals surface area contributed by atoms with Gasteiger partial charge in [0.05, 0.1) is 17.8 Å². The molecule has 27 heavy (non-hydrogen) atoms. The molecular formula is C19H23N5O3. The van der Waals surface area contributed by atoms with E-state index in [1.54, 1.807) is 0 Å². The summed E-state index contributed by atoms with van der Waals surface area (Å²) in [6.07, 6.45) is 4.94. The van der Waals surface area contributed by atoms with Gasteiger partial charge in [-0.1, -0.05) is 11.2 Å². The van der Waals surface area contributed by atoms with E-state index in [9.17, 15) is 4.79 Å². The summed E-state index contributed by atoms with van der Waals surface area (Å²) in [7, 11) is 0. The van der Waals surface area contributed by atoms with Crippen molar-refractivity contribution < 1.29 is 13.9 Å². The highest BCUT2D eigenvalue weighted by Crippen LogP contribution is 2.53. The van der Waals surface area contributed by atoms with Gasteiger partial charge in [-0.05, 0) is 43.2 Å². The number of nitrogens with one attached hydrogen (secondary N) is 2. The summed E-state index contributed by atoms with van der Waals surface area (Å²) in [6.45, 7) is 3.25. The van der Waals surface area contributed by atoms with Gasteiger partial charge in [-0.2, -0.15) is 0 Å². The van der Waals surface area contributed by atoms with Gasteiger partial charge in [0.1, 0.15) is 12.4 Å². The van der Waals surface area contributed by atoms with Gasteiger partial charge in [-0.15, -0.1) is 5.10 Å². The number of hydrogen-bond acceptors (Lipinski definition) is 7. The predicted octanol–water partition coefficient (Wildman–Crippen LogP) is 2.36. The molecule has 0 unspecified atom stereocenters. The molecule has 2 aromatic rings. The number of fused-ring (bicyclic) bond motifs is 1. The van der Waals surface area contributed by atoms with Crippen LogP contribution in [-0.2, 0) is 4.79 Å². The zero-order valence-electron chi connectivity index (χ0n) is 15.2. The number of benzene rings is 1.